The van der Waals surface area contributed by atoms with E-state index >= 15 is 0 Å². The Kier molecular flexibility index (Phi) is 4.94. The van der Waals surface area contributed by atoms with Gasteiger partial charge in [0.05, 0.1) is 9.79 Å². The molecule has 0 saturated carbocycles. The number of fused-ring (bicyclic) bond motifs is 1. The van der Waals surface area contributed by atoms with Crippen LogP contribution in [0.5, 0.6) is 0 Å². The minimum absolute atomic E-state index is 0.00752. The molecule has 0 unspecified atom stereocenters. The lowest BCUT2D eigenvalue weighted by Gasteiger charge is -2.11. The fourth-order valence-corrected chi connectivity index (χ4v) is 5.77. The summed E-state index contributed by atoms with van der Waals surface area (Å²) in [6.07, 6.45) is 4.60. The van der Waals surface area contributed by atoms with Crippen molar-refractivity contribution in [3.63, 3.8) is 0 Å². The van der Waals surface area contributed by atoms with Crippen molar-refractivity contribution in [1.29, 1.82) is 0 Å². The van der Waals surface area contributed by atoms with Gasteiger partial charge in [0.25, 0.3) is 20.0 Å². The van der Waals surface area contributed by atoms with Crippen molar-refractivity contribution in [2.75, 3.05) is 9.44 Å². The third-order valence-electron chi connectivity index (χ3n) is 4.00. The lowest BCUT2D eigenvalue weighted by Crippen LogP contribution is -2.15. The molecule has 0 aliphatic rings. The summed E-state index contributed by atoms with van der Waals surface area (Å²) in [7, 11) is -7.69. The van der Waals surface area contributed by atoms with Crippen LogP contribution in [0.2, 0.25) is 0 Å². The Morgan fingerprint density at radius 1 is 0.828 bits per heavy atom. The van der Waals surface area contributed by atoms with Crippen LogP contribution in [0.4, 0.5) is 10.8 Å². The average molecular weight is 447 g/mol. The summed E-state index contributed by atoms with van der Waals surface area (Å²) in [6.45, 7) is 0. The van der Waals surface area contributed by atoms with Crippen LogP contribution in [-0.2, 0) is 20.0 Å². The predicted octanol–water partition coefficient (Wildman–Crippen LogP) is 3.29. The molecule has 11 heteroatoms. The smallest absolute Gasteiger partial charge is 0.263 e. The zero-order valence-electron chi connectivity index (χ0n) is 14.7. The summed E-state index contributed by atoms with van der Waals surface area (Å²) in [6, 6.07) is 12.0. The number of hydrogen-bond donors (Lipinski definition) is 2. The Balaban J connectivity index is 1.60. The number of nitrogens with one attached hydrogen (secondary N) is 2. The van der Waals surface area contributed by atoms with Crippen LogP contribution in [0.25, 0.3) is 10.8 Å². The topological polar surface area (TPSA) is 118 Å². The Hall–Kier alpha value is -3.02. The van der Waals surface area contributed by atoms with E-state index in [1.807, 2.05) is 0 Å². The third-order valence-corrected chi connectivity index (χ3v) is 7.61. The molecule has 4 aromatic rings. The highest BCUT2D eigenvalue weighted by Gasteiger charge is 2.19. The minimum atomic E-state index is -3.88. The molecular formula is C18H14N4O4S3. The van der Waals surface area contributed by atoms with Gasteiger partial charge in [-0.3, -0.25) is 14.4 Å². The van der Waals surface area contributed by atoms with Gasteiger partial charge in [0.15, 0.2) is 5.13 Å². The molecule has 0 aliphatic carbocycles. The van der Waals surface area contributed by atoms with Gasteiger partial charge in [-0.15, -0.1) is 11.3 Å². The molecule has 2 aromatic heterocycles. The van der Waals surface area contributed by atoms with Crippen molar-refractivity contribution in [2.24, 2.45) is 0 Å². The maximum absolute atomic E-state index is 12.8. The van der Waals surface area contributed by atoms with Crippen molar-refractivity contribution in [2.45, 2.75) is 9.79 Å². The largest absolute Gasteiger partial charge is 0.280 e. The number of rotatable bonds is 6. The van der Waals surface area contributed by atoms with Crippen molar-refractivity contribution in [1.82, 2.24) is 9.97 Å². The van der Waals surface area contributed by atoms with Gasteiger partial charge in [-0.05, 0) is 36.4 Å². The van der Waals surface area contributed by atoms with E-state index in [2.05, 4.69) is 19.4 Å². The summed E-state index contributed by atoms with van der Waals surface area (Å²) in [5.41, 5.74) is 0.240. The van der Waals surface area contributed by atoms with Gasteiger partial charge < -0.3 is 0 Å². The molecule has 0 radical (unpaired) electrons. The second-order valence-corrected chi connectivity index (χ2v) is 10.2. The van der Waals surface area contributed by atoms with Gasteiger partial charge in [-0.25, -0.2) is 21.8 Å². The summed E-state index contributed by atoms with van der Waals surface area (Å²) in [5.74, 6) is 0. The predicted molar refractivity (Wildman–Crippen MR) is 112 cm³/mol. The first-order valence-electron chi connectivity index (χ1n) is 8.23. The molecule has 0 aliphatic heterocycles. The van der Waals surface area contributed by atoms with Gasteiger partial charge >= 0.3 is 0 Å². The maximum atomic E-state index is 12.8. The number of aromatic nitrogens is 2. The van der Waals surface area contributed by atoms with Gasteiger partial charge in [0.1, 0.15) is 0 Å². The molecule has 0 spiro atoms. The molecule has 2 heterocycles. The Labute approximate surface area is 171 Å². The highest BCUT2D eigenvalue weighted by molar-refractivity contribution is 7.93. The van der Waals surface area contributed by atoms with E-state index in [0.717, 1.165) is 11.3 Å². The molecule has 0 amide bonds. The lowest BCUT2D eigenvalue weighted by atomic mass is 10.2. The lowest BCUT2D eigenvalue weighted by molar-refractivity contribution is 0.600. The van der Waals surface area contributed by atoms with Crippen LogP contribution in [0.1, 0.15) is 0 Å². The molecule has 2 N–H and O–H groups in total. The van der Waals surface area contributed by atoms with Crippen LogP contribution in [-0.4, -0.2) is 26.8 Å². The Morgan fingerprint density at radius 2 is 1.62 bits per heavy atom. The zero-order valence-corrected chi connectivity index (χ0v) is 17.1. The van der Waals surface area contributed by atoms with Crippen LogP contribution in [0.3, 0.4) is 0 Å². The first-order valence-corrected chi connectivity index (χ1v) is 12.1. The van der Waals surface area contributed by atoms with Crippen LogP contribution in [0, 0.1) is 0 Å². The molecule has 4 rings (SSSR count). The number of nitrogens with zero attached hydrogens (tertiary/aromatic N) is 2. The third kappa shape index (κ3) is 4.06. The molecule has 29 heavy (non-hydrogen) atoms. The molecule has 8 nitrogen and oxygen atoms in total. The van der Waals surface area contributed by atoms with Crippen molar-refractivity contribution in [3.8, 4) is 0 Å². The Morgan fingerprint density at radius 3 is 2.34 bits per heavy atom. The van der Waals surface area contributed by atoms with Crippen LogP contribution >= 0.6 is 11.3 Å². The second kappa shape index (κ2) is 7.43. The number of pyridine rings is 1. The Bertz CT molecular complexity index is 1360. The quantitative estimate of drug-likeness (QED) is 0.469. The normalized spacial score (nSPS) is 12.0. The summed E-state index contributed by atoms with van der Waals surface area (Å²) < 4.78 is 55.3. The molecular weight excluding hydrogens is 432 g/mol. The van der Waals surface area contributed by atoms with Gasteiger partial charge in [-0.2, -0.15) is 0 Å². The highest BCUT2D eigenvalue weighted by atomic mass is 32.2. The standard InChI is InChI=1S/C18H14N4O4S3/c23-28(24,22-18-20-10-11-27-18)15-6-4-14(5-7-15)21-29(25,26)17-3-1-2-13-12-19-9-8-16(13)17/h1-12,21H,(H,20,22). The van der Waals surface area contributed by atoms with E-state index in [0.29, 0.717) is 10.8 Å². The van der Waals surface area contributed by atoms with E-state index in [1.165, 1.54) is 42.7 Å². The molecule has 0 bridgehead atoms. The second-order valence-electron chi connectivity index (χ2n) is 5.93. The summed E-state index contributed by atoms with van der Waals surface area (Å²) in [5, 5.41) is 3.14. The maximum Gasteiger partial charge on any atom is 0.263 e. The number of sulfonamides is 2. The summed E-state index contributed by atoms with van der Waals surface area (Å²) in [4.78, 5) is 7.98. The van der Waals surface area contributed by atoms with Crippen LogP contribution < -0.4 is 9.44 Å². The summed E-state index contributed by atoms with van der Waals surface area (Å²) >= 11 is 1.16. The fourth-order valence-electron chi connectivity index (χ4n) is 2.69. The number of benzene rings is 2. The molecule has 0 fully saturated rings. The van der Waals surface area contributed by atoms with E-state index in [-0.39, 0.29) is 20.6 Å². The van der Waals surface area contributed by atoms with E-state index in [1.54, 1.807) is 29.8 Å². The highest BCUT2D eigenvalue weighted by Crippen LogP contribution is 2.25. The van der Waals surface area contributed by atoms with Crippen LogP contribution in [0.15, 0.2) is 82.3 Å². The van der Waals surface area contributed by atoms with E-state index in [9.17, 15) is 16.8 Å². The SMILES string of the molecule is O=S(=O)(Nc1nccs1)c1ccc(NS(=O)(=O)c2cccc3cnccc23)cc1. The van der Waals surface area contributed by atoms with Gasteiger partial charge in [0.2, 0.25) is 0 Å². The molecule has 0 saturated heterocycles. The average Bonchev–Trinajstić information content (AvgIpc) is 3.20. The van der Waals surface area contributed by atoms with E-state index in [4.69, 9.17) is 0 Å². The minimum Gasteiger partial charge on any atom is -0.280 e. The fraction of sp³-hybridized carbons (Fsp3) is 0. The number of anilines is 2. The molecule has 2 aromatic carbocycles. The first kappa shape index (κ1) is 19.3. The van der Waals surface area contributed by atoms with Crippen molar-refractivity contribution in [3.05, 3.63) is 72.5 Å². The number of hydrogen-bond acceptors (Lipinski definition) is 7. The molecule has 148 valence electrons. The van der Waals surface area contributed by atoms with Gasteiger partial charge in [-0.1, -0.05) is 12.1 Å². The van der Waals surface area contributed by atoms with Gasteiger partial charge in [0, 0.05) is 40.4 Å². The van der Waals surface area contributed by atoms with E-state index < -0.39 is 20.0 Å². The first-order chi connectivity index (χ1) is 13.9. The van der Waals surface area contributed by atoms with Crippen molar-refractivity contribution >= 4 is 53.0 Å². The zero-order chi connectivity index (χ0) is 20.5. The van der Waals surface area contributed by atoms with Crippen molar-refractivity contribution < 1.29 is 16.8 Å². The number of thiazole rings is 1. The monoisotopic (exact) mass is 446 g/mol. The molecule has 0 atom stereocenters.